The van der Waals surface area contributed by atoms with Crippen molar-refractivity contribution in [1.29, 1.82) is 0 Å². The van der Waals surface area contributed by atoms with E-state index in [0.29, 0.717) is 72.5 Å². The Hall–Kier alpha value is -4.58. The molecule has 0 spiro atoms. The number of nitrogens with zero attached hydrogens (tertiary/aromatic N) is 3. The molecule has 0 aliphatic carbocycles. The molecule has 4 rings (SSSR count). The first kappa shape index (κ1) is 33.3. The molecule has 0 bridgehead atoms. The smallest absolute Gasteiger partial charge is 0.255 e. The number of carbonyl (C=O) groups excluding carboxylic acids is 1. The summed E-state index contributed by atoms with van der Waals surface area (Å²) in [5, 5.41) is 13.3. The van der Waals surface area contributed by atoms with E-state index in [1.54, 1.807) is 44.6 Å². The highest BCUT2D eigenvalue weighted by molar-refractivity contribution is 6.05. The molecule has 0 radical (unpaired) electrons. The van der Waals surface area contributed by atoms with E-state index in [2.05, 4.69) is 41.0 Å². The van der Waals surface area contributed by atoms with Crippen LogP contribution in [0.4, 0.5) is 11.6 Å². The highest BCUT2D eigenvalue weighted by atomic mass is 16.5. The Bertz CT molecular complexity index is 1590. The number of anilines is 2. The predicted molar refractivity (Wildman–Crippen MR) is 173 cm³/mol. The lowest BCUT2D eigenvalue weighted by molar-refractivity contribution is 0.102. The Balaban J connectivity index is 1.59. The van der Waals surface area contributed by atoms with Crippen LogP contribution in [0.5, 0.6) is 11.5 Å². The van der Waals surface area contributed by atoms with Gasteiger partial charge in [-0.05, 0) is 46.9 Å². The maximum Gasteiger partial charge on any atom is 0.255 e. The van der Waals surface area contributed by atoms with Crippen LogP contribution in [0.15, 0.2) is 60.7 Å². The van der Waals surface area contributed by atoms with Crippen molar-refractivity contribution >= 4 is 17.5 Å². The fourth-order valence-corrected chi connectivity index (χ4v) is 4.58. The van der Waals surface area contributed by atoms with Gasteiger partial charge in [0.05, 0.1) is 19.8 Å². The topological polar surface area (TPSA) is 151 Å². The molecular formula is C34H41N5O6. The first-order valence-electron chi connectivity index (χ1n) is 14.6. The molecule has 0 saturated carbocycles. The summed E-state index contributed by atoms with van der Waals surface area (Å²) in [6.45, 7) is 7.58. The molecule has 0 saturated heterocycles. The van der Waals surface area contributed by atoms with Gasteiger partial charge in [0, 0.05) is 43.0 Å². The molecule has 1 aromatic heterocycles. The van der Waals surface area contributed by atoms with Crippen LogP contribution < -0.4 is 20.5 Å². The Morgan fingerprint density at radius 3 is 2.20 bits per heavy atom. The summed E-state index contributed by atoms with van der Waals surface area (Å²) in [5.74, 6) is 1.58. The van der Waals surface area contributed by atoms with Crippen molar-refractivity contribution in [1.82, 2.24) is 15.0 Å². The molecule has 1 amide bonds. The lowest BCUT2D eigenvalue weighted by atomic mass is 9.86. The zero-order valence-electron chi connectivity index (χ0n) is 26.4. The predicted octanol–water partition coefficient (Wildman–Crippen LogP) is 4.80. The third-order valence-electron chi connectivity index (χ3n) is 7.00. The highest BCUT2D eigenvalue weighted by Crippen LogP contribution is 2.31. The lowest BCUT2D eigenvalue weighted by Gasteiger charge is -2.19. The summed E-state index contributed by atoms with van der Waals surface area (Å²) >= 11 is 0. The summed E-state index contributed by atoms with van der Waals surface area (Å²) in [6, 6.07) is 18.3. The second-order valence-electron chi connectivity index (χ2n) is 11.3. The van der Waals surface area contributed by atoms with Gasteiger partial charge in [-0.1, -0.05) is 51.1 Å². The average Bonchev–Trinajstić information content (AvgIpc) is 3.01. The summed E-state index contributed by atoms with van der Waals surface area (Å²) in [7, 11) is 3.22. The minimum absolute atomic E-state index is 0.0271. The lowest BCUT2D eigenvalue weighted by Crippen LogP contribution is -2.15. The van der Waals surface area contributed by atoms with E-state index in [-0.39, 0.29) is 29.7 Å². The molecule has 0 unspecified atom stereocenters. The molecule has 0 aliphatic rings. The van der Waals surface area contributed by atoms with Crippen LogP contribution in [0.2, 0.25) is 0 Å². The molecule has 1 heterocycles. The minimum atomic E-state index is -0.359. The van der Waals surface area contributed by atoms with Crippen LogP contribution in [-0.2, 0) is 27.9 Å². The Morgan fingerprint density at radius 1 is 0.867 bits per heavy atom. The Kier molecular flexibility index (Phi) is 11.4. The molecule has 45 heavy (non-hydrogen) atoms. The number of nitrogens with two attached hydrogens (primary N) is 1. The van der Waals surface area contributed by atoms with Crippen LogP contribution in [-0.4, -0.2) is 66.6 Å². The molecule has 238 valence electrons. The second kappa shape index (κ2) is 15.4. The number of ether oxygens (including phenoxy) is 4. The standard InChI is InChI=1S/C34H41N5O6/c1-34(2,3)24-12-10-23(11-13-24)32(41)36-27-8-6-7-25(26(27)21-40)31-37-30(38-33(35)39-31)20-22-9-14-28(44-17-15-42-4)29(19-22)45-18-16-43-5/h6-14,19,40H,15-18,20-21H2,1-5H3,(H,36,41)(H2,35,37,38,39). The van der Waals surface area contributed by atoms with E-state index < -0.39 is 0 Å². The van der Waals surface area contributed by atoms with Gasteiger partial charge >= 0.3 is 0 Å². The van der Waals surface area contributed by atoms with Gasteiger partial charge < -0.3 is 35.1 Å². The number of carbonyl (C=O) groups is 1. The SMILES string of the molecule is COCCOc1ccc(Cc2nc(N)nc(-c3cccc(NC(=O)c4ccc(C(C)(C)C)cc4)c3CO)n2)cc1OCCOC. The zero-order chi connectivity index (χ0) is 32.4. The van der Waals surface area contributed by atoms with Gasteiger partial charge in [-0.25, -0.2) is 4.98 Å². The first-order chi connectivity index (χ1) is 21.6. The summed E-state index contributed by atoms with van der Waals surface area (Å²) < 4.78 is 21.9. The molecule has 4 N–H and O–H groups in total. The van der Waals surface area contributed by atoms with E-state index in [9.17, 15) is 9.90 Å². The third-order valence-corrected chi connectivity index (χ3v) is 7.00. The number of benzene rings is 3. The van der Waals surface area contributed by atoms with Crippen LogP contribution in [0.3, 0.4) is 0 Å². The maximum atomic E-state index is 13.1. The average molecular weight is 616 g/mol. The van der Waals surface area contributed by atoms with Gasteiger partial charge in [0.2, 0.25) is 5.95 Å². The number of aliphatic hydroxyl groups is 1. The molecule has 0 atom stereocenters. The third kappa shape index (κ3) is 8.98. The number of aromatic nitrogens is 3. The van der Waals surface area contributed by atoms with Crippen molar-refractivity contribution in [3.05, 3.63) is 88.7 Å². The molecule has 0 fully saturated rings. The van der Waals surface area contributed by atoms with Crippen molar-refractivity contribution in [2.75, 3.05) is 51.7 Å². The van der Waals surface area contributed by atoms with Crippen molar-refractivity contribution < 1.29 is 28.8 Å². The van der Waals surface area contributed by atoms with Crippen molar-refractivity contribution in [3.8, 4) is 22.9 Å². The Morgan fingerprint density at radius 2 is 1.56 bits per heavy atom. The van der Waals surface area contributed by atoms with Crippen molar-refractivity contribution in [3.63, 3.8) is 0 Å². The largest absolute Gasteiger partial charge is 0.487 e. The number of aliphatic hydroxyl groups excluding tert-OH is 1. The quantitative estimate of drug-likeness (QED) is 0.169. The number of nitrogen functional groups attached to an aromatic ring is 1. The van der Waals surface area contributed by atoms with Crippen LogP contribution in [0, 0.1) is 0 Å². The van der Waals surface area contributed by atoms with E-state index in [1.165, 1.54) is 0 Å². The van der Waals surface area contributed by atoms with Crippen LogP contribution in [0.1, 0.15) is 53.6 Å². The maximum absolute atomic E-state index is 13.1. The molecule has 3 aromatic carbocycles. The number of methoxy groups -OCH3 is 2. The van der Waals surface area contributed by atoms with Crippen LogP contribution in [0.25, 0.3) is 11.4 Å². The van der Waals surface area contributed by atoms with Gasteiger partial charge in [-0.2, -0.15) is 9.97 Å². The van der Waals surface area contributed by atoms with Gasteiger partial charge in [-0.15, -0.1) is 0 Å². The molecule has 4 aromatic rings. The molecule has 0 aliphatic heterocycles. The van der Waals surface area contributed by atoms with Gasteiger partial charge in [-0.3, -0.25) is 4.79 Å². The monoisotopic (exact) mass is 615 g/mol. The highest BCUT2D eigenvalue weighted by Gasteiger charge is 2.18. The van der Waals surface area contributed by atoms with Gasteiger partial charge in [0.15, 0.2) is 17.3 Å². The number of hydrogen-bond donors (Lipinski definition) is 3. The number of amides is 1. The fourth-order valence-electron chi connectivity index (χ4n) is 4.58. The summed E-state index contributed by atoms with van der Waals surface area (Å²) in [4.78, 5) is 26.5. The fraction of sp³-hybridized carbons (Fsp3) is 0.353. The summed E-state index contributed by atoms with van der Waals surface area (Å²) in [5.41, 5.74) is 10.0. The molecular weight excluding hydrogens is 574 g/mol. The van der Waals surface area contributed by atoms with E-state index in [0.717, 1.165) is 11.1 Å². The number of nitrogens with one attached hydrogen (secondary N) is 1. The van der Waals surface area contributed by atoms with Gasteiger partial charge in [0.25, 0.3) is 5.91 Å². The van der Waals surface area contributed by atoms with Crippen LogP contribution >= 0.6 is 0 Å². The van der Waals surface area contributed by atoms with E-state index >= 15 is 0 Å². The van der Waals surface area contributed by atoms with Gasteiger partial charge in [0.1, 0.15) is 19.0 Å². The Labute approximate surface area is 263 Å². The first-order valence-corrected chi connectivity index (χ1v) is 14.6. The van der Waals surface area contributed by atoms with Crippen molar-refractivity contribution in [2.45, 2.75) is 39.2 Å². The van der Waals surface area contributed by atoms with E-state index in [1.807, 2.05) is 30.3 Å². The molecule has 11 heteroatoms. The van der Waals surface area contributed by atoms with Crippen molar-refractivity contribution in [2.24, 2.45) is 0 Å². The molecule has 11 nitrogen and oxygen atoms in total. The normalized spacial score (nSPS) is 11.3. The summed E-state index contributed by atoms with van der Waals surface area (Å²) in [6.07, 6.45) is 0.328. The minimum Gasteiger partial charge on any atom is -0.487 e. The number of hydrogen-bond acceptors (Lipinski definition) is 10. The zero-order valence-corrected chi connectivity index (χ0v) is 26.4. The van der Waals surface area contributed by atoms with E-state index in [4.69, 9.17) is 24.7 Å². The number of rotatable bonds is 14. The second-order valence-corrected chi connectivity index (χ2v) is 11.3.